The minimum absolute atomic E-state index is 0.144. The summed E-state index contributed by atoms with van der Waals surface area (Å²) in [6.07, 6.45) is 0.144. The van der Waals surface area contributed by atoms with Gasteiger partial charge in [0.2, 0.25) is 5.60 Å². The van der Waals surface area contributed by atoms with E-state index in [1.165, 1.54) is 7.11 Å². The van der Waals surface area contributed by atoms with Gasteiger partial charge in [-0.3, -0.25) is 0 Å². The first kappa shape index (κ1) is 12.4. The second-order valence-electron chi connectivity index (χ2n) is 4.28. The highest BCUT2D eigenvalue weighted by Gasteiger charge is 2.49. The first-order chi connectivity index (χ1) is 8.52. The molecule has 94 valence electrons. The molecule has 0 fully saturated rings. The fraction of sp³-hybridized carbons (Fsp3) is 0.308. The van der Waals surface area contributed by atoms with Crippen molar-refractivity contribution >= 4 is 18.4 Å². The molecule has 0 saturated heterocycles. The molecular weight excluding hydrogens is 232 g/mol. The standard InChI is InChI=1S/C13H14N2O3/c1-8-4-5-10-9(6-8)7-13(17,12(16)18-3)11(10)15-14-2/h4-6,17H,2,7H2,1,3H3/b15-11-. The number of carbonyl (C=O) groups excluding carboxylic acids is 1. The van der Waals surface area contributed by atoms with E-state index in [0.717, 1.165) is 11.1 Å². The van der Waals surface area contributed by atoms with Crippen LogP contribution in [0.2, 0.25) is 0 Å². The second kappa shape index (κ2) is 4.34. The van der Waals surface area contributed by atoms with Crippen molar-refractivity contribution < 1.29 is 14.6 Å². The average Bonchev–Trinajstić information content (AvgIpc) is 2.62. The Morgan fingerprint density at radius 2 is 2.28 bits per heavy atom. The number of hydrogen-bond donors (Lipinski definition) is 1. The van der Waals surface area contributed by atoms with Crippen molar-refractivity contribution in [3.8, 4) is 0 Å². The highest BCUT2D eigenvalue weighted by molar-refractivity contribution is 6.21. The highest BCUT2D eigenvalue weighted by atomic mass is 16.5. The molecule has 0 aromatic heterocycles. The van der Waals surface area contributed by atoms with Gasteiger partial charge in [0.25, 0.3) is 0 Å². The number of esters is 1. The van der Waals surface area contributed by atoms with E-state index in [2.05, 4.69) is 21.7 Å². The van der Waals surface area contributed by atoms with Gasteiger partial charge in [0.15, 0.2) is 0 Å². The summed E-state index contributed by atoms with van der Waals surface area (Å²) < 4.78 is 4.64. The molecule has 1 unspecified atom stereocenters. The van der Waals surface area contributed by atoms with Crippen molar-refractivity contribution in [1.29, 1.82) is 0 Å². The molecule has 0 radical (unpaired) electrons. The predicted octanol–water partition coefficient (Wildman–Crippen LogP) is 0.860. The van der Waals surface area contributed by atoms with Crippen LogP contribution >= 0.6 is 0 Å². The lowest BCUT2D eigenvalue weighted by Crippen LogP contribution is -2.45. The maximum absolute atomic E-state index is 11.8. The molecule has 0 amide bonds. The van der Waals surface area contributed by atoms with E-state index < -0.39 is 11.6 Å². The molecule has 0 aliphatic heterocycles. The molecule has 0 heterocycles. The van der Waals surface area contributed by atoms with E-state index in [1.54, 1.807) is 0 Å². The molecule has 1 aliphatic rings. The lowest BCUT2D eigenvalue weighted by atomic mass is 9.99. The van der Waals surface area contributed by atoms with Crippen LogP contribution in [0.15, 0.2) is 28.4 Å². The monoisotopic (exact) mass is 246 g/mol. The molecule has 1 atom stereocenters. The number of fused-ring (bicyclic) bond motifs is 1. The number of hydrogen-bond acceptors (Lipinski definition) is 5. The quantitative estimate of drug-likeness (QED) is 0.478. The average molecular weight is 246 g/mol. The summed E-state index contributed by atoms with van der Waals surface area (Å²) >= 11 is 0. The van der Waals surface area contributed by atoms with E-state index in [-0.39, 0.29) is 12.1 Å². The fourth-order valence-electron chi connectivity index (χ4n) is 2.23. The van der Waals surface area contributed by atoms with Crippen LogP contribution in [0.25, 0.3) is 0 Å². The summed E-state index contributed by atoms with van der Waals surface area (Å²) in [5, 5.41) is 17.7. The van der Waals surface area contributed by atoms with E-state index in [4.69, 9.17) is 0 Å². The van der Waals surface area contributed by atoms with Crippen LogP contribution in [0, 0.1) is 6.92 Å². The lowest BCUT2D eigenvalue weighted by molar-refractivity contribution is -0.154. The van der Waals surface area contributed by atoms with E-state index >= 15 is 0 Å². The third-order valence-electron chi connectivity index (χ3n) is 3.05. The molecule has 0 bridgehead atoms. The van der Waals surface area contributed by atoms with E-state index in [9.17, 15) is 9.90 Å². The number of carbonyl (C=O) groups is 1. The van der Waals surface area contributed by atoms with Crippen molar-refractivity contribution in [3.63, 3.8) is 0 Å². The van der Waals surface area contributed by atoms with Crippen molar-refractivity contribution in [2.45, 2.75) is 18.9 Å². The van der Waals surface area contributed by atoms with Crippen LogP contribution in [0.1, 0.15) is 16.7 Å². The first-order valence-corrected chi connectivity index (χ1v) is 5.48. The minimum Gasteiger partial charge on any atom is -0.467 e. The topological polar surface area (TPSA) is 71.2 Å². The Kier molecular flexibility index (Phi) is 3.00. The summed E-state index contributed by atoms with van der Waals surface area (Å²) in [5.41, 5.74) is 1.03. The Bertz CT molecular complexity index is 551. The van der Waals surface area contributed by atoms with Gasteiger partial charge < -0.3 is 9.84 Å². The van der Waals surface area contributed by atoms with Crippen molar-refractivity contribution in [1.82, 2.24) is 0 Å². The molecule has 1 N–H and O–H groups in total. The molecule has 1 aromatic rings. The lowest BCUT2D eigenvalue weighted by Gasteiger charge is -2.19. The molecule has 5 heteroatoms. The van der Waals surface area contributed by atoms with E-state index in [0.29, 0.717) is 5.56 Å². The fourth-order valence-corrected chi connectivity index (χ4v) is 2.23. The summed E-state index contributed by atoms with van der Waals surface area (Å²) in [6, 6.07) is 5.62. The summed E-state index contributed by atoms with van der Waals surface area (Å²) in [7, 11) is 1.23. The highest BCUT2D eigenvalue weighted by Crippen LogP contribution is 2.32. The Morgan fingerprint density at radius 1 is 1.56 bits per heavy atom. The third kappa shape index (κ3) is 1.73. The van der Waals surface area contributed by atoms with Gasteiger partial charge in [0.05, 0.1) is 7.11 Å². The van der Waals surface area contributed by atoms with Gasteiger partial charge in [-0.15, -0.1) is 0 Å². The number of rotatable bonds is 2. The van der Waals surface area contributed by atoms with Crippen molar-refractivity contribution in [3.05, 3.63) is 34.9 Å². The van der Waals surface area contributed by atoms with Crippen molar-refractivity contribution in [2.24, 2.45) is 10.2 Å². The van der Waals surface area contributed by atoms with Gasteiger partial charge in [-0.05, 0) is 12.5 Å². The molecule has 0 spiro atoms. The maximum Gasteiger partial charge on any atom is 0.344 e. The minimum atomic E-state index is -1.77. The summed E-state index contributed by atoms with van der Waals surface area (Å²) in [6.45, 7) is 5.21. The summed E-state index contributed by atoms with van der Waals surface area (Å²) in [4.78, 5) is 11.8. The molecular formula is C13H14N2O3. The molecule has 0 saturated carbocycles. The van der Waals surface area contributed by atoms with Crippen LogP contribution < -0.4 is 0 Å². The smallest absolute Gasteiger partial charge is 0.344 e. The van der Waals surface area contributed by atoms with E-state index in [1.807, 2.05) is 25.1 Å². The number of aryl methyl sites for hydroxylation is 1. The Labute approximate surface area is 105 Å². The molecule has 18 heavy (non-hydrogen) atoms. The largest absolute Gasteiger partial charge is 0.467 e. The number of nitrogens with zero attached hydrogens (tertiary/aromatic N) is 2. The zero-order valence-electron chi connectivity index (χ0n) is 10.3. The van der Waals surface area contributed by atoms with Crippen LogP contribution in [0.4, 0.5) is 0 Å². The SMILES string of the molecule is C=N/N=C1/c2ccc(C)cc2CC1(O)C(=O)OC. The number of aliphatic hydroxyl groups is 1. The predicted molar refractivity (Wildman–Crippen MR) is 67.9 cm³/mol. The first-order valence-electron chi connectivity index (χ1n) is 5.48. The Balaban J connectivity index is 2.60. The van der Waals surface area contributed by atoms with Crippen LogP contribution in [-0.4, -0.2) is 36.2 Å². The molecule has 2 rings (SSSR count). The van der Waals surface area contributed by atoms with Gasteiger partial charge in [-0.1, -0.05) is 23.8 Å². The molecule has 1 aromatic carbocycles. The van der Waals surface area contributed by atoms with Gasteiger partial charge in [0.1, 0.15) is 5.71 Å². The molecule has 1 aliphatic carbocycles. The van der Waals surface area contributed by atoms with Gasteiger partial charge >= 0.3 is 5.97 Å². The summed E-state index contributed by atoms with van der Waals surface area (Å²) in [5.74, 6) is -0.737. The van der Waals surface area contributed by atoms with Crippen LogP contribution in [0.3, 0.4) is 0 Å². The normalized spacial score (nSPS) is 23.8. The maximum atomic E-state index is 11.8. The number of ether oxygens (including phenoxy) is 1. The zero-order chi connectivity index (χ0) is 13.3. The second-order valence-corrected chi connectivity index (χ2v) is 4.28. The van der Waals surface area contributed by atoms with Gasteiger partial charge in [-0.25, -0.2) is 4.79 Å². The Morgan fingerprint density at radius 3 is 2.89 bits per heavy atom. The van der Waals surface area contributed by atoms with Crippen molar-refractivity contribution in [2.75, 3.05) is 7.11 Å². The third-order valence-corrected chi connectivity index (χ3v) is 3.05. The van der Waals surface area contributed by atoms with Crippen LogP contribution in [-0.2, 0) is 16.0 Å². The zero-order valence-corrected chi connectivity index (χ0v) is 10.3. The Hall–Kier alpha value is -2.01. The van der Waals surface area contributed by atoms with Crippen LogP contribution in [0.5, 0.6) is 0 Å². The number of benzene rings is 1. The molecule has 5 nitrogen and oxygen atoms in total. The number of methoxy groups -OCH3 is 1. The van der Waals surface area contributed by atoms with Gasteiger partial charge in [0, 0.05) is 18.7 Å². The van der Waals surface area contributed by atoms with Gasteiger partial charge in [-0.2, -0.15) is 10.2 Å².